The number of benzene rings is 4. The van der Waals surface area contributed by atoms with Crippen LogP contribution in [0.3, 0.4) is 0 Å². The number of amides is 2. The smallest absolute Gasteiger partial charge is 0.264 e. The Morgan fingerprint density at radius 2 is 1.49 bits per heavy atom. The summed E-state index contributed by atoms with van der Waals surface area (Å²) in [6.07, 6.45) is 1.01. The number of anilines is 1. The summed E-state index contributed by atoms with van der Waals surface area (Å²) in [6.45, 7) is 4.04. The molecule has 4 aromatic rings. The van der Waals surface area contributed by atoms with Crippen LogP contribution in [0.4, 0.5) is 5.69 Å². The molecule has 7 nitrogen and oxygen atoms in total. The van der Waals surface area contributed by atoms with Crippen LogP contribution in [0.1, 0.15) is 30.0 Å². The summed E-state index contributed by atoms with van der Waals surface area (Å²) in [5.41, 5.74) is 3.12. The van der Waals surface area contributed by atoms with Gasteiger partial charge in [0, 0.05) is 24.0 Å². The lowest BCUT2D eigenvalue weighted by Gasteiger charge is -2.34. The van der Waals surface area contributed by atoms with Gasteiger partial charge in [0.1, 0.15) is 12.6 Å². The number of aryl methyl sites for hydroxylation is 1. The summed E-state index contributed by atoms with van der Waals surface area (Å²) < 4.78 is 29.8. The van der Waals surface area contributed by atoms with Crippen molar-refractivity contribution in [3.05, 3.63) is 130 Å². The SMILES string of the molecule is CCCNC(=O)[C@@H](Cc1ccccc1)N(Cc1ccc(C)cc1)C(=O)CN(c1cccc(Br)c1)S(=O)(=O)c1ccccc1. The Bertz CT molecular complexity index is 1610. The highest BCUT2D eigenvalue weighted by Gasteiger charge is 2.34. The van der Waals surface area contributed by atoms with Gasteiger partial charge in [-0.3, -0.25) is 13.9 Å². The number of hydrogen-bond donors (Lipinski definition) is 1. The quantitative estimate of drug-likeness (QED) is 0.187. The van der Waals surface area contributed by atoms with E-state index in [1.807, 2.05) is 68.4 Å². The number of hydrogen-bond acceptors (Lipinski definition) is 4. The minimum absolute atomic E-state index is 0.0642. The van der Waals surface area contributed by atoms with Crippen molar-refractivity contribution < 1.29 is 18.0 Å². The van der Waals surface area contributed by atoms with Crippen molar-refractivity contribution in [2.24, 2.45) is 0 Å². The third kappa shape index (κ3) is 8.55. The maximum absolute atomic E-state index is 14.4. The van der Waals surface area contributed by atoms with Crippen LogP contribution in [0.2, 0.25) is 0 Å². The Hall–Kier alpha value is -3.95. The fraction of sp³-hybridized carbons (Fsp3) is 0.235. The van der Waals surface area contributed by atoms with Crippen molar-refractivity contribution in [1.29, 1.82) is 0 Å². The molecule has 0 saturated carbocycles. The molecule has 4 aromatic carbocycles. The van der Waals surface area contributed by atoms with Crippen LogP contribution in [0, 0.1) is 6.92 Å². The van der Waals surface area contributed by atoms with Crippen LogP contribution in [-0.2, 0) is 32.6 Å². The number of halogens is 1. The number of carbonyl (C=O) groups excluding carboxylic acids is 2. The molecule has 0 heterocycles. The average Bonchev–Trinajstić information content (AvgIpc) is 3.02. The summed E-state index contributed by atoms with van der Waals surface area (Å²) in [6, 6.07) is 31.3. The second-order valence-corrected chi connectivity index (χ2v) is 13.1. The molecule has 1 N–H and O–H groups in total. The molecule has 0 aliphatic carbocycles. The number of nitrogens with one attached hydrogen (secondary N) is 1. The highest BCUT2D eigenvalue weighted by atomic mass is 79.9. The van der Waals surface area contributed by atoms with E-state index in [1.54, 1.807) is 42.5 Å². The monoisotopic (exact) mass is 661 g/mol. The summed E-state index contributed by atoms with van der Waals surface area (Å²) in [4.78, 5) is 29.6. The van der Waals surface area contributed by atoms with Gasteiger partial charge < -0.3 is 10.2 Å². The summed E-state index contributed by atoms with van der Waals surface area (Å²) in [5, 5.41) is 2.96. The van der Waals surface area contributed by atoms with Crippen molar-refractivity contribution >= 4 is 43.5 Å². The van der Waals surface area contributed by atoms with E-state index in [0.29, 0.717) is 16.7 Å². The van der Waals surface area contributed by atoms with Crippen molar-refractivity contribution in [3.8, 4) is 0 Å². The van der Waals surface area contributed by atoms with Gasteiger partial charge in [0.25, 0.3) is 10.0 Å². The van der Waals surface area contributed by atoms with E-state index in [-0.39, 0.29) is 23.8 Å². The van der Waals surface area contributed by atoms with Crippen molar-refractivity contribution in [2.45, 2.75) is 44.2 Å². The highest BCUT2D eigenvalue weighted by Crippen LogP contribution is 2.27. The molecule has 0 aliphatic rings. The van der Waals surface area contributed by atoms with Gasteiger partial charge in [-0.05, 0) is 54.8 Å². The third-order valence-electron chi connectivity index (χ3n) is 7.00. The molecule has 0 spiro atoms. The second kappa shape index (κ2) is 15.0. The van der Waals surface area contributed by atoms with Gasteiger partial charge >= 0.3 is 0 Å². The summed E-state index contributed by atoms with van der Waals surface area (Å²) in [5.74, 6) is -0.779. The first-order valence-electron chi connectivity index (χ1n) is 14.2. The third-order valence-corrected chi connectivity index (χ3v) is 9.28. The van der Waals surface area contributed by atoms with E-state index in [9.17, 15) is 18.0 Å². The molecule has 0 aliphatic heterocycles. The Morgan fingerprint density at radius 1 is 0.837 bits per heavy atom. The predicted molar refractivity (Wildman–Crippen MR) is 174 cm³/mol. The molecular weight excluding hydrogens is 626 g/mol. The molecule has 224 valence electrons. The zero-order valence-electron chi connectivity index (χ0n) is 24.3. The van der Waals surface area contributed by atoms with E-state index < -0.39 is 28.5 Å². The Morgan fingerprint density at radius 3 is 2.12 bits per heavy atom. The van der Waals surface area contributed by atoms with Crippen molar-refractivity contribution in [3.63, 3.8) is 0 Å². The van der Waals surface area contributed by atoms with Crippen LogP contribution in [0.5, 0.6) is 0 Å². The molecule has 0 fully saturated rings. The standard InChI is InChI=1S/C34H36BrN3O4S/c1-3-21-36-34(40)32(22-27-11-6-4-7-12-27)37(24-28-19-17-26(2)18-20-28)33(39)25-38(30-14-10-13-29(35)23-30)43(41,42)31-15-8-5-9-16-31/h4-20,23,32H,3,21-22,24-25H2,1-2H3,(H,36,40)/t32-/m1/s1. The maximum Gasteiger partial charge on any atom is 0.264 e. The summed E-state index contributed by atoms with van der Waals surface area (Å²) in [7, 11) is -4.13. The fourth-order valence-electron chi connectivity index (χ4n) is 4.69. The van der Waals surface area contributed by atoms with Gasteiger partial charge in [-0.2, -0.15) is 0 Å². The number of carbonyl (C=O) groups is 2. The first-order chi connectivity index (χ1) is 20.7. The Labute approximate surface area is 262 Å². The Kier molecular flexibility index (Phi) is 11.1. The molecule has 0 radical (unpaired) electrons. The van der Waals surface area contributed by atoms with Gasteiger partial charge in [0.05, 0.1) is 10.6 Å². The van der Waals surface area contributed by atoms with Crippen molar-refractivity contribution in [2.75, 3.05) is 17.4 Å². The molecule has 9 heteroatoms. The van der Waals surface area contributed by atoms with E-state index in [0.717, 1.165) is 27.4 Å². The molecule has 0 bridgehead atoms. The van der Waals surface area contributed by atoms with Gasteiger partial charge in [-0.25, -0.2) is 8.42 Å². The van der Waals surface area contributed by atoms with Crippen LogP contribution in [-0.4, -0.2) is 44.3 Å². The first-order valence-corrected chi connectivity index (χ1v) is 16.4. The van der Waals surface area contributed by atoms with Gasteiger partial charge in [0.2, 0.25) is 11.8 Å². The Balaban J connectivity index is 1.78. The highest BCUT2D eigenvalue weighted by molar-refractivity contribution is 9.10. The van der Waals surface area contributed by atoms with Crippen LogP contribution < -0.4 is 9.62 Å². The molecule has 4 rings (SSSR count). The maximum atomic E-state index is 14.4. The zero-order chi connectivity index (χ0) is 30.8. The number of rotatable bonds is 13. The lowest BCUT2D eigenvalue weighted by Crippen LogP contribution is -2.53. The molecule has 1 atom stereocenters. The second-order valence-electron chi connectivity index (χ2n) is 10.3. The van der Waals surface area contributed by atoms with E-state index >= 15 is 0 Å². The van der Waals surface area contributed by atoms with Gasteiger partial charge in [-0.15, -0.1) is 0 Å². The van der Waals surface area contributed by atoms with Crippen LogP contribution in [0.25, 0.3) is 0 Å². The molecule has 0 saturated heterocycles. The lowest BCUT2D eigenvalue weighted by atomic mass is 10.0. The lowest BCUT2D eigenvalue weighted by molar-refractivity contribution is -0.140. The zero-order valence-corrected chi connectivity index (χ0v) is 26.7. The van der Waals surface area contributed by atoms with Gasteiger partial charge in [-0.1, -0.05) is 107 Å². The minimum Gasteiger partial charge on any atom is -0.354 e. The van der Waals surface area contributed by atoms with Crippen molar-refractivity contribution in [1.82, 2.24) is 10.2 Å². The molecule has 2 amide bonds. The fourth-order valence-corrected chi connectivity index (χ4v) is 6.50. The molecule has 43 heavy (non-hydrogen) atoms. The normalized spacial score (nSPS) is 11.9. The first kappa shape index (κ1) is 32.0. The van der Waals surface area contributed by atoms with E-state index in [2.05, 4.69) is 21.2 Å². The molecule has 0 aromatic heterocycles. The summed E-state index contributed by atoms with van der Waals surface area (Å²) >= 11 is 3.43. The molecular formula is C34H36BrN3O4S. The molecule has 0 unspecified atom stereocenters. The van der Waals surface area contributed by atoms with E-state index in [4.69, 9.17) is 0 Å². The largest absolute Gasteiger partial charge is 0.354 e. The number of nitrogens with zero attached hydrogens (tertiary/aromatic N) is 2. The predicted octanol–water partition coefficient (Wildman–Crippen LogP) is 6.12. The topological polar surface area (TPSA) is 86.8 Å². The van der Waals surface area contributed by atoms with Crippen LogP contribution in [0.15, 0.2) is 119 Å². The number of sulfonamides is 1. The van der Waals surface area contributed by atoms with E-state index in [1.165, 1.54) is 17.0 Å². The minimum atomic E-state index is -4.13. The van der Waals surface area contributed by atoms with Gasteiger partial charge in [0.15, 0.2) is 0 Å². The van der Waals surface area contributed by atoms with Crippen LogP contribution >= 0.6 is 15.9 Å². The average molecular weight is 663 g/mol.